The maximum absolute atomic E-state index is 8.12. The van der Waals surface area contributed by atoms with Gasteiger partial charge in [0.1, 0.15) is 0 Å². The molecule has 0 rings (SSSR count). The number of hydrogen-bond acceptors (Lipinski definition) is 2. The molecular formula is H10AlNO5. The summed E-state index contributed by atoms with van der Waals surface area (Å²) < 4.78 is 0. The first kappa shape index (κ1) is 70.1. The average molecular weight is 131 g/mol. The van der Waals surface area contributed by atoms with Crippen LogP contribution in [0.15, 0.2) is 0 Å². The van der Waals surface area contributed by atoms with Crippen molar-refractivity contribution in [2.24, 2.45) is 0 Å². The lowest BCUT2D eigenvalue weighted by Gasteiger charge is -1.36. The Morgan fingerprint density at radius 3 is 1.14 bits per heavy atom. The first-order valence-electron chi connectivity index (χ1n) is 0.408. The van der Waals surface area contributed by atoms with Crippen molar-refractivity contribution in [3.63, 3.8) is 0 Å². The molecule has 0 radical (unpaired) electrons. The zero-order valence-corrected chi connectivity index (χ0v) is 2.82. The summed E-state index contributed by atoms with van der Waals surface area (Å²) in [6.07, 6.45) is 0. The van der Waals surface area contributed by atoms with Crippen molar-refractivity contribution in [2.45, 2.75) is 0 Å². The van der Waals surface area contributed by atoms with Crippen LogP contribution in [-0.4, -0.2) is 33.8 Å². The highest BCUT2D eigenvalue weighted by molar-refractivity contribution is 5.75. The molecule has 0 atom stereocenters. The molecule has 7 N–H and O–H groups in total. The molecule has 0 aromatic carbocycles. The summed E-state index contributed by atoms with van der Waals surface area (Å²) in [6.45, 7) is 0. The molecule has 0 aromatic heterocycles. The van der Waals surface area contributed by atoms with Gasteiger partial charge in [0, 0.05) is 5.34 Å². The Hall–Kier alpha value is -0.188. The molecule has 0 amide bonds. The summed E-state index contributed by atoms with van der Waals surface area (Å²) in [7, 11) is 0. The van der Waals surface area contributed by atoms with Gasteiger partial charge in [-0.15, -0.1) is 0 Å². The molecule has 0 unspecified atom stereocenters. The van der Waals surface area contributed by atoms with Gasteiger partial charge in [0.05, 0.1) is 0 Å². The predicted molar refractivity (Wildman–Crippen MR) is 28.5 cm³/mol. The van der Waals surface area contributed by atoms with E-state index in [-0.39, 0.29) is 39.1 Å². The van der Waals surface area contributed by atoms with Crippen LogP contribution in [0.5, 0.6) is 0 Å². The van der Waals surface area contributed by atoms with Crippen LogP contribution in [0.2, 0.25) is 0 Å². The van der Waals surface area contributed by atoms with Gasteiger partial charge in [0.2, 0.25) is 0 Å². The van der Waals surface area contributed by atoms with Crippen molar-refractivity contribution in [1.82, 2.24) is 0 Å². The fourth-order valence-corrected chi connectivity index (χ4v) is 0. The molecule has 0 aliphatic rings. The van der Waals surface area contributed by atoms with Crippen LogP contribution in [0.1, 0.15) is 0 Å². The van der Waals surface area contributed by atoms with E-state index in [1.54, 1.807) is 0 Å². The molecule has 6 nitrogen and oxygen atoms in total. The van der Waals surface area contributed by atoms with Crippen LogP contribution in [0, 0.1) is 10.1 Å². The maximum Gasteiger partial charge on any atom is 0.187 e. The molecule has 0 aromatic rings. The summed E-state index contributed by atoms with van der Waals surface area (Å²) >= 11 is 0. The van der Waals surface area contributed by atoms with E-state index < -0.39 is 0 Å². The van der Waals surface area contributed by atoms with Gasteiger partial charge in [-0.05, 0) is 0 Å². The van der Waals surface area contributed by atoms with Crippen LogP contribution in [0.4, 0.5) is 0 Å². The Morgan fingerprint density at radius 2 is 1.14 bits per heavy atom. The maximum atomic E-state index is 8.12. The van der Waals surface area contributed by atoms with Gasteiger partial charge >= 0.3 is 0 Å². The summed E-state index contributed by atoms with van der Waals surface area (Å²) in [4.78, 5) is 8.12. The Bertz CT molecular complexity index is 15.6. The van der Waals surface area contributed by atoms with Gasteiger partial charge < -0.3 is 16.4 Å². The van der Waals surface area contributed by atoms with Gasteiger partial charge in [-0.25, -0.2) is 0 Å². The van der Waals surface area contributed by atoms with Gasteiger partial charge in [0.15, 0.2) is 17.4 Å². The molecule has 0 heterocycles. The van der Waals surface area contributed by atoms with Crippen LogP contribution in [0.25, 0.3) is 0 Å². The highest BCUT2D eigenvalue weighted by Gasteiger charge is 1.10. The second kappa shape index (κ2) is 204. The minimum atomic E-state index is 0. The first-order chi connectivity index (χ1) is 1.41. The molecule has 0 saturated carbocycles. The topological polar surface area (TPSA) is 149 Å². The number of hydrogen-bond donors (Lipinski definition) is 1. The summed E-state index contributed by atoms with van der Waals surface area (Å²) in [5, 5.41) is 8.38. The lowest BCUT2D eigenvalue weighted by Crippen LogP contribution is -2.53. The van der Waals surface area contributed by atoms with Crippen molar-refractivity contribution < 1.29 is 21.8 Å². The van der Waals surface area contributed by atoms with Crippen LogP contribution in [-0.2, 0) is 0 Å². The smallest absolute Gasteiger partial charge is 0.187 e. The van der Waals surface area contributed by atoms with Crippen LogP contribution >= 0.6 is 0 Å². The highest BCUT2D eigenvalue weighted by Crippen LogP contribution is 0.618. The van der Waals surface area contributed by atoms with E-state index in [0.717, 1.165) is 0 Å². The van der Waals surface area contributed by atoms with E-state index >= 15 is 0 Å². The van der Waals surface area contributed by atoms with E-state index in [1.807, 2.05) is 0 Å². The minimum Gasteiger partial charge on any atom is -0.412 e. The van der Waals surface area contributed by atoms with Crippen molar-refractivity contribution in [3.8, 4) is 0 Å². The van der Waals surface area contributed by atoms with E-state index in [0.29, 0.717) is 0 Å². The molecule has 7 heavy (non-hydrogen) atoms. The van der Waals surface area contributed by atoms with Gasteiger partial charge in [-0.3, -0.25) is 10.1 Å². The zero-order chi connectivity index (χ0) is 2.71. The van der Waals surface area contributed by atoms with Gasteiger partial charge in [-0.2, -0.15) is 0 Å². The van der Waals surface area contributed by atoms with E-state index in [1.165, 1.54) is 0 Å². The first-order valence-corrected chi connectivity index (χ1v) is 0.408. The van der Waals surface area contributed by atoms with E-state index in [4.69, 9.17) is 10.1 Å². The van der Waals surface area contributed by atoms with Crippen LogP contribution < -0.4 is 5.34 Å². The lowest BCUT2D eigenvalue weighted by molar-refractivity contribution is -0.398. The van der Waals surface area contributed by atoms with Crippen molar-refractivity contribution in [3.05, 3.63) is 10.1 Å². The molecule has 48 valence electrons. The molecule has 0 fully saturated rings. The van der Waals surface area contributed by atoms with Crippen LogP contribution in [0.3, 0.4) is 0 Å². The fourth-order valence-electron chi connectivity index (χ4n) is 0. The molecule has 0 aliphatic heterocycles. The largest absolute Gasteiger partial charge is 0.412 e. The predicted octanol–water partition coefficient (Wildman–Crippen LogP) is -5.33. The van der Waals surface area contributed by atoms with Crippen molar-refractivity contribution in [1.29, 1.82) is 0 Å². The third kappa shape index (κ3) is 2400. The second-order valence-corrected chi connectivity index (χ2v) is 0.0833. The third-order valence-electron chi connectivity index (χ3n) is 0. The molecule has 0 spiro atoms. The molecule has 7 heteroatoms. The normalized spacial score (nSPS) is 1.71. The van der Waals surface area contributed by atoms with E-state index in [2.05, 4.69) is 0 Å². The van der Waals surface area contributed by atoms with E-state index in [9.17, 15) is 0 Å². The molecular weight excluding hydrogens is 121 g/mol. The second-order valence-electron chi connectivity index (χ2n) is 0.0833. The zero-order valence-electron chi connectivity index (χ0n) is 2.82. The summed E-state index contributed by atoms with van der Waals surface area (Å²) in [6, 6.07) is 0. The van der Waals surface area contributed by atoms with Crippen molar-refractivity contribution in [2.75, 3.05) is 0 Å². The summed E-state index contributed by atoms with van der Waals surface area (Å²) in [5.41, 5.74) is 0. The Labute approximate surface area is 50.1 Å². The number of rotatable bonds is 0. The monoisotopic (exact) mass is 131 g/mol. The molecule has 0 bridgehead atoms. The van der Waals surface area contributed by atoms with Crippen molar-refractivity contribution >= 4 is 17.4 Å². The Balaban J connectivity index is -0.00000000333. The Kier molecular flexibility index (Phi) is 2040. The van der Waals surface area contributed by atoms with Gasteiger partial charge in [0.25, 0.3) is 0 Å². The summed E-state index contributed by atoms with van der Waals surface area (Å²) in [5.74, 6) is 0. The third-order valence-corrected chi connectivity index (χ3v) is 0. The molecule has 0 aliphatic carbocycles. The van der Waals surface area contributed by atoms with Gasteiger partial charge in [-0.1, -0.05) is 0 Å². The quantitative estimate of drug-likeness (QED) is 0.198. The minimum absolute atomic E-state index is 0. The fraction of sp³-hybridized carbons (Fsp3) is 0. The standard InChI is InChI=1S/Al.HNO2.3H2O.3H/c;2-1-3;;;;;;/h;1H;3*1H2;;;. The lowest BCUT2D eigenvalue weighted by atomic mass is 13.4. The molecule has 0 saturated heterocycles. The average Bonchev–Trinajstić information content (AvgIpc) is 0.918. The number of nitrogens with one attached hydrogen (secondary N) is 1. The SMILES string of the molecule is O.O.O.O=[NH+][O-].[AlH3]. The highest BCUT2D eigenvalue weighted by atomic mass is 27.0. The Morgan fingerprint density at radius 1 is 1.14 bits per heavy atom.